The molecular formula is C17H19ClN4O. The maximum atomic E-state index is 12.5. The van der Waals surface area contributed by atoms with E-state index in [4.69, 9.17) is 17.3 Å². The first-order chi connectivity index (χ1) is 11.1. The molecule has 0 aliphatic carbocycles. The van der Waals surface area contributed by atoms with E-state index in [-0.39, 0.29) is 23.7 Å². The molecule has 6 heteroatoms. The Bertz CT molecular complexity index is 713. The summed E-state index contributed by atoms with van der Waals surface area (Å²) in [6, 6.07) is 5.72. The highest BCUT2D eigenvalue weighted by molar-refractivity contribution is 6.30. The van der Waals surface area contributed by atoms with Crippen LogP contribution in [0.2, 0.25) is 5.02 Å². The van der Waals surface area contributed by atoms with Crippen LogP contribution in [0.25, 0.3) is 0 Å². The third-order valence-electron chi connectivity index (χ3n) is 4.08. The molecule has 1 fully saturated rings. The van der Waals surface area contributed by atoms with Crippen molar-refractivity contribution in [3.63, 3.8) is 0 Å². The molecule has 0 spiro atoms. The number of nitrogens with zero attached hydrogens (tertiary/aromatic N) is 3. The molecule has 2 aromatic rings. The van der Waals surface area contributed by atoms with Crippen molar-refractivity contribution < 1.29 is 4.79 Å². The van der Waals surface area contributed by atoms with E-state index in [0.717, 1.165) is 24.3 Å². The van der Waals surface area contributed by atoms with Gasteiger partial charge in [-0.1, -0.05) is 11.6 Å². The molecule has 0 bridgehead atoms. The smallest absolute Gasteiger partial charge is 0.189 e. The minimum atomic E-state index is -0.142. The van der Waals surface area contributed by atoms with Gasteiger partial charge in [0.1, 0.15) is 5.69 Å². The van der Waals surface area contributed by atoms with Crippen molar-refractivity contribution in [1.82, 2.24) is 9.97 Å². The predicted molar refractivity (Wildman–Crippen MR) is 92.0 cm³/mol. The minimum absolute atomic E-state index is 0.142. The Morgan fingerprint density at radius 1 is 1.17 bits per heavy atom. The highest BCUT2D eigenvalue weighted by atomic mass is 35.5. The highest BCUT2D eigenvalue weighted by Gasteiger charge is 2.19. The molecular weight excluding hydrogens is 312 g/mol. The molecule has 3 rings (SSSR count). The van der Waals surface area contributed by atoms with Gasteiger partial charge in [0.15, 0.2) is 11.6 Å². The van der Waals surface area contributed by atoms with Crippen molar-refractivity contribution in [2.45, 2.75) is 25.7 Å². The Hall–Kier alpha value is -2.14. The van der Waals surface area contributed by atoms with Crippen LogP contribution >= 0.6 is 11.6 Å². The van der Waals surface area contributed by atoms with Crippen LogP contribution in [0.1, 0.15) is 35.3 Å². The van der Waals surface area contributed by atoms with Crippen LogP contribution in [-0.2, 0) is 6.42 Å². The molecule has 1 aliphatic rings. The van der Waals surface area contributed by atoms with Gasteiger partial charge in [-0.2, -0.15) is 0 Å². The zero-order valence-corrected chi connectivity index (χ0v) is 13.6. The number of Topliss-reactive ketones (excluding diaryl/α,β-unsaturated/α-hetero) is 1. The molecule has 1 saturated heterocycles. The number of nitrogens with two attached hydrogens (primary N) is 1. The van der Waals surface area contributed by atoms with Gasteiger partial charge in [0.2, 0.25) is 0 Å². The number of hydrogen-bond acceptors (Lipinski definition) is 5. The molecule has 5 nitrogen and oxygen atoms in total. The fourth-order valence-corrected chi connectivity index (χ4v) is 3.15. The molecule has 23 heavy (non-hydrogen) atoms. The van der Waals surface area contributed by atoms with Gasteiger partial charge < -0.3 is 10.6 Å². The van der Waals surface area contributed by atoms with Crippen LogP contribution in [-0.4, -0.2) is 28.8 Å². The topological polar surface area (TPSA) is 72.1 Å². The van der Waals surface area contributed by atoms with Crippen LogP contribution in [0.3, 0.4) is 0 Å². The fourth-order valence-electron chi connectivity index (χ4n) is 2.96. The van der Waals surface area contributed by atoms with Crippen LogP contribution in [0.5, 0.6) is 0 Å². The molecule has 120 valence electrons. The minimum Gasteiger partial charge on any atom is -0.382 e. The average Bonchev–Trinajstić information content (AvgIpc) is 2.56. The number of carbonyl (C=O) groups excluding carboxylic acids is 1. The number of halogens is 1. The van der Waals surface area contributed by atoms with Crippen LogP contribution < -0.4 is 10.6 Å². The summed E-state index contributed by atoms with van der Waals surface area (Å²) < 4.78 is 0. The molecule has 0 radical (unpaired) electrons. The van der Waals surface area contributed by atoms with Crippen molar-refractivity contribution in [3.8, 4) is 0 Å². The van der Waals surface area contributed by atoms with E-state index in [0.29, 0.717) is 5.02 Å². The van der Waals surface area contributed by atoms with Gasteiger partial charge in [-0.25, -0.2) is 9.97 Å². The summed E-state index contributed by atoms with van der Waals surface area (Å²) in [4.78, 5) is 22.8. The lowest BCUT2D eigenvalue weighted by molar-refractivity contribution is 0.0989. The van der Waals surface area contributed by atoms with Crippen LogP contribution in [0.4, 0.5) is 11.5 Å². The summed E-state index contributed by atoms with van der Waals surface area (Å²) in [7, 11) is 0. The Balaban J connectivity index is 1.88. The van der Waals surface area contributed by atoms with Gasteiger partial charge in [-0.15, -0.1) is 0 Å². The number of hydrogen-bond donors (Lipinski definition) is 1. The quantitative estimate of drug-likeness (QED) is 0.872. The number of anilines is 2. The number of aromatic nitrogens is 2. The third-order valence-corrected chi connectivity index (χ3v) is 4.32. The Morgan fingerprint density at radius 3 is 2.65 bits per heavy atom. The van der Waals surface area contributed by atoms with Crippen molar-refractivity contribution in [2.24, 2.45) is 0 Å². The standard InChI is InChI=1S/C17H19ClN4O/c18-13-4-5-14(22-8-2-1-3-9-22)12(10-13)11-15(23)16-17(19)21-7-6-20-16/h4-7,10H,1-3,8-9,11H2,(H2,19,21). The molecule has 2 heterocycles. The zero-order chi connectivity index (χ0) is 16.2. The number of piperidine rings is 1. The number of carbonyl (C=O) groups is 1. The second-order valence-corrected chi connectivity index (χ2v) is 6.15. The van der Waals surface area contributed by atoms with E-state index in [1.807, 2.05) is 18.2 Å². The first-order valence-corrected chi connectivity index (χ1v) is 8.16. The van der Waals surface area contributed by atoms with Gasteiger partial charge in [0.25, 0.3) is 0 Å². The zero-order valence-electron chi connectivity index (χ0n) is 12.8. The van der Waals surface area contributed by atoms with Crippen molar-refractivity contribution in [2.75, 3.05) is 23.7 Å². The largest absolute Gasteiger partial charge is 0.382 e. The Labute approximate surface area is 140 Å². The van der Waals surface area contributed by atoms with E-state index in [2.05, 4.69) is 14.9 Å². The summed E-state index contributed by atoms with van der Waals surface area (Å²) in [6.07, 6.45) is 6.78. The average molecular weight is 331 g/mol. The van der Waals surface area contributed by atoms with E-state index in [1.54, 1.807) is 0 Å². The van der Waals surface area contributed by atoms with Gasteiger partial charge in [0.05, 0.1) is 0 Å². The van der Waals surface area contributed by atoms with Gasteiger partial charge >= 0.3 is 0 Å². The molecule has 0 amide bonds. The lowest BCUT2D eigenvalue weighted by Gasteiger charge is -2.30. The molecule has 1 aromatic heterocycles. The molecule has 0 unspecified atom stereocenters. The number of ketones is 1. The molecule has 1 aromatic carbocycles. The maximum Gasteiger partial charge on any atom is 0.189 e. The molecule has 0 atom stereocenters. The monoisotopic (exact) mass is 330 g/mol. The maximum absolute atomic E-state index is 12.5. The lowest BCUT2D eigenvalue weighted by Crippen LogP contribution is -2.30. The second kappa shape index (κ2) is 6.96. The number of nitrogen functional groups attached to an aromatic ring is 1. The summed E-state index contributed by atoms with van der Waals surface area (Å²) >= 11 is 6.13. The van der Waals surface area contributed by atoms with Crippen LogP contribution in [0.15, 0.2) is 30.6 Å². The Morgan fingerprint density at radius 2 is 1.91 bits per heavy atom. The SMILES string of the molecule is Nc1nccnc1C(=O)Cc1cc(Cl)ccc1N1CCCCC1. The van der Waals surface area contributed by atoms with E-state index >= 15 is 0 Å². The van der Waals surface area contributed by atoms with Crippen molar-refractivity contribution in [1.29, 1.82) is 0 Å². The van der Waals surface area contributed by atoms with Gasteiger partial charge in [0, 0.05) is 42.6 Å². The highest BCUT2D eigenvalue weighted by Crippen LogP contribution is 2.28. The normalized spacial score (nSPS) is 14.7. The summed E-state index contributed by atoms with van der Waals surface area (Å²) in [5.41, 5.74) is 7.96. The summed E-state index contributed by atoms with van der Waals surface area (Å²) in [5.74, 6) is 0.0233. The summed E-state index contributed by atoms with van der Waals surface area (Å²) in [6.45, 7) is 2.02. The number of benzene rings is 1. The first kappa shape index (κ1) is 15.7. The van der Waals surface area contributed by atoms with E-state index in [1.165, 1.54) is 31.7 Å². The van der Waals surface area contributed by atoms with Crippen LogP contribution in [0, 0.1) is 0 Å². The summed E-state index contributed by atoms with van der Waals surface area (Å²) in [5, 5.41) is 0.626. The second-order valence-electron chi connectivity index (χ2n) is 5.71. The molecule has 0 saturated carbocycles. The molecule has 1 aliphatic heterocycles. The van der Waals surface area contributed by atoms with Gasteiger partial charge in [-0.3, -0.25) is 4.79 Å². The first-order valence-electron chi connectivity index (χ1n) is 7.78. The van der Waals surface area contributed by atoms with E-state index in [9.17, 15) is 4.79 Å². The number of rotatable bonds is 4. The van der Waals surface area contributed by atoms with Gasteiger partial charge in [-0.05, 0) is 43.0 Å². The lowest BCUT2D eigenvalue weighted by atomic mass is 10.0. The predicted octanol–water partition coefficient (Wildman–Crippen LogP) is 3.13. The fraction of sp³-hybridized carbons (Fsp3) is 0.353. The molecule has 2 N–H and O–H groups in total. The third kappa shape index (κ3) is 3.62. The van der Waals surface area contributed by atoms with Crippen molar-refractivity contribution in [3.05, 3.63) is 46.9 Å². The van der Waals surface area contributed by atoms with E-state index < -0.39 is 0 Å². The Kier molecular flexibility index (Phi) is 4.76. The van der Waals surface area contributed by atoms with Crippen molar-refractivity contribution >= 4 is 28.9 Å².